The Morgan fingerprint density at radius 1 is 1.33 bits per heavy atom. The molecular weight excluding hydrogens is 310 g/mol. The van der Waals surface area contributed by atoms with Crippen LogP contribution in [0.4, 0.5) is 0 Å². The maximum Gasteiger partial charge on any atom is 0.249 e. The van der Waals surface area contributed by atoms with Crippen molar-refractivity contribution in [1.29, 1.82) is 0 Å². The number of nitrogens with zero attached hydrogens (tertiary/aromatic N) is 2. The van der Waals surface area contributed by atoms with Gasteiger partial charge in [-0.1, -0.05) is 35.5 Å². The second kappa shape index (κ2) is 9.41. The van der Waals surface area contributed by atoms with Gasteiger partial charge in [0.2, 0.25) is 18.2 Å². The van der Waals surface area contributed by atoms with E-state index in [1.165, 1.54) is 0 Å². The maximum absolute atomic E-state index is 11.8. The minimum absolute atomic E-state index is 0.104. The van der Waals surface area contributed by atoms with Gasteiger partial charge in [0.25, 0.3) is 0 Å². The molecular formula is C16H21N5O3. The zero-order chi connectivity index (χ0) is 17.2. The number of hydrogen-bond acceptors (Lipinski definition) is 6. The van der Waals surface area contributed by atoms with E-state index in [0.29, 0.717) is 43.9 Å². The lowest BCUT2D eigenvalue weighted by molar-refractivity contribution is -0.123. The molecule has 0 saturated heterocycles. The van der Waals surface area contributed by atoms with Crippen molar-refractivity contribution in [2.24, 2.45) is 5.73 Å². The van der Waals surface area contributed by atoms with Crippen molar-refractivity contribution in [3.8, 4) is 0 Å². The van der Waals surface area contributed by atoms with Crippen molar-refractivity contribution in [3.63, 3.8) is 0 Å². The summed E-state index contributed by atoms with van der Waals surface area (Å²) in [5, 5.41) is 9.05. The first-order valence-corrected chi connectivity index (χ1v) is 7.75. The van der Waals surface area contributed by atoms with Crippen molar-refractivity contribution in [3.05, 3.63) is 47.6 Å². The van der Waals surface area contributed by atoms with E-state index in [0.717, 1.165) is 5.56 Å². The third kappa shape index (κ3) is 5.47. The summed E-state index contributed by atoms with van der Waals surface area (Å²) in [4.78, 5) is 26.4. The highest BCUT2D eigenvalue weighted by atomic mass is 16.5. The molecule has 8 heteroatoms. The molecule has 1 aromatic heterocycles. The standard InChI is InChI=1S/C16H21N5O3/c17-8-4-7-13(19-15(23)10-18-11-22)16-20-14(21-24-16)9-12-5-2-1-3-6-12/h1-3,5-6,11,13H,4,7-10,17H2,(H,18,22)(H,19,23). The molecule has 1 atom stereocenters. The number of amides is 2. The van der Waals surface area contributed by atoms with Gasteiger partial charge in [-0.25, -0.2) is 0 Å². The highest BCUT2D eigenvalue weighted by Crippen LogP contribution is 2.17. The highest BCUT2D eigenvalue weighted by Gasteiger charge is 2.20. The molecule has 24 heavy (non-hydrogen) atoms. The Hall–Kier alpha value is -2.74. The molecule has 0 aliphatic carbocycles. The van der Waals surface area contributed by atoms with E-state index in [1.807, 2.05) is 30.3 Å². The zero-order valence-electron chi connectivity index (χ0n) is 13.3. The Morgan fingerprint density at radius 2 is 2.12 bits per heavy atom. The molecule has 1 unspecified atom stereocenters. The van der Waals surface area contributed by atoms with Gasteiger partial charge in [0.15, 0.2) is 5.82 Å². The largest absolute Gasteiger partial charge is 0.350 e. The fourth-order valence-corrected chi connectivity index (χ4v) is 2.22. The lowest BCUT2D eigenvalue weighted by Crippen LogP contribution is -2.36. The van der Waals surface area contributed by atoms with Crippen LogP contribution in [0, 0.1) is 0 Å². The zero-order valence-corrected chi connectivity index (χ0v) is 13.3. The second-order valence-corrected chi connectivity index (χ2v) is 5.26. The summed E-state index contributed by atoms with van der Waals surface area (Å²) in [5.74, 6) is 0.565. The molecule has 0 bridgehead atoms. The number of benzene rings is 1. The third-order valence-electron chi connectivity index (χ3n) is 3.37. The van der Waals surface area contributed by atoms with E-state index in [-0.39, 0.29) is 12.5 Å². The first kappa shape index (κ1) is 17.6. The Balaban J connectivity index is 2.03. The number of rotatable bonds is 10. The number of aromatic nitrogens is 2. The van der Waals surface area contributed by atoms with Gasteiger partial charge in [0.1, 0.15) is 6.04 Å². The summed E-state index contributed by atoms with van der Waals surface area (Å²) >= 11 is 0. The molecule has 0 aliphatic rings. The second-order valence-electron chi connectivity index (χ2n) is 5.26. The van der Waals surface area contributed by atoms with E-state index >= 15 is 0 Å². The molecule has 1 aromatic carbocycles. The SMILES string of the molecule is NCCCC(NC(=O)CNC=O)c1nc(Cc2ccccc2)no1. The maximum atomic E-state index is 11.8. The summed E-state index contributed by atoms with van der Waals surface area (Å²) < 4.78 is 5.29. The van der Waals surface area contributed by atoms with Crippen molar-refractivity contribution >= 4 is 12.3 Å². The van der Waals surface area contributed by atoms with Gasteiger partial charge in [-0.2, -0.15) is 4.98 Å². The molecule has 128 valence electrons. The lowest BCUT2D eigenvalue weighted by atomic mass is 10.1. The van der Waals surface area contributed by atoms with Crippen LogP contribution in [-0.4, -0.2) is 35.5 Å². The van der Waals surface area contributed by atoms with Gasteiger partial charge in [-0.3, -0.25) is 9.59 Å². The van der Waals surface area contributed by atoms with Crippen LogP contribution in [0.1, 0.15) is 36.2 Å². The van der Waals surface area contributed by atoms with Crippen molar-refractivity contribution in [2.75, 3.05) is 13.1 Å². The summed E-state index contributed by atoms with van der Waals surface area (Å²) in [6.45, 7) is 0.387. The molecule has 0 radical (unpaired) electrons. The normalized spacial score (nSPS) is 11.7. The van der Waals surface area contributed by atoms with E-state index in [4.69, 9.17) is 10.3 Å². The summed E-state index contributed by atoms with van der Waals surface area (Å²) in [5.41, 5.74) is 6.61. The van der Waals surface area contributed by atoms with E-state index in [1.54, 1.807) is 0 Å². The van der Waals surface area contributed by atoms with Gasteiger partial charge in [0.05, 0.1) is 6.54 Å². The summed E-state index contributed by atoms with van der Waals surface area (Å²) in [7, 11) is 0. The minimum Gasteiger partial charge on any atom is -0.350 e. The Bertz CT molecular complexity index is 644. The smallest absolute Gasteiger partial charge is 0.249 e. The van der Waals surface area contributed by atoms with Gasteiger partial charge < -0.3 is 20.9 Å². The molecule has 0 saturated carbocycles. The van der Waals surface area contributed by atoms with Gasteiger partial charge >= 0.3 is 0 Å². The first-order valence-electron chi connectivity index (χ1n) is 7.75. The number of carbonyl (C=O) groups is 2. The van der Waals surface area contributed by atoms with Crippen LogP contribution in [0.25, 0.3) is 0 Å². The highest BCUT2D eigenvalue weighted by molar-refractivity contribution is 5.80. The predicted octanol–water partition coefficient (Wildman–Crippen LogP) is 0.303. The number of hydrogen-bond donors (Lipinski definition) is 3. The van der Waals surface area contributed by atoms with Crippen LogP contribution < -0.4 is 16.4 Å². The van der Waals surface area contributed by atoms with Gasteiger partial charge in [-0.15, -0.1) is 0 Å². The molecule has 2 rings (SSSR count). The predicted molar refractivity (Wildman–Crippen MR) is 86.8 cm³/mol. The molecule has 2 aromatic rings. The fraction of sp³-hybridized carbons (Fsp3) is 0.375. The summed E-state index contributed by atoms with van der Waals surface area (Å²) in [6.07, 6.45) is 2.30. The number of nitrogens with one attached hydrogen (secondary N) is 2. The first-order chi connectivity index (χ1) is 11.7. The topological polar surface area (TPSA) is 123 Å². The van der Waals surface area contributed by atoms with Crippen molar-refractivity contribution in [2.45, 2.75) is 25.3 Å². The molecule has 2 amide bonds. The molecule has 0 spiro atoms. The summed E-state index contributed by atoms with van der Waals surface area (Å²) in [6, 6.07) is 9.37. The molecule has 4 N–H and O–H groups in total. The van der Waals surface area contributed by atoms with E-state index in [9.17, 15) is 9.59 Å². The Morgan fingerprint density at radius 3 is 2.83 bits per heavy atom. The molecule has 0 fully saturated rings. The van der Waals surface area contributed by atoms with Crippen LogP contribution in [0.2, 0.25) is 0 Å². The van der Waals surface area contributed by atoms with Crippen LogP contribution in [0.5, 0.6) is 0 Å². The average Bonchev–Trinajstić information content (AvgIpc) is 3.06. The van der Waals surface area contributed by atoms with Crippen LogP contribution in [0.3, 0.4) is 0 Å². The quantitative estimate of drug-likeness (QED) is 0.538. The van der Waals surface area contributed by atoms with Crippen LogP contribution in [-0.2, 0) is 16.0 Å². The average molecular weight is 331 g/mol. The van der Waals surface area contributed by atoms with Crippen molar-refractivity contribution in [1.82, 2.24) is 20.8 Å². The monoisotopic (exact) mass is 331 g/mol. The molecule has 1 heterocycles. The number of carbonyl (C=O) groups excluding carboxylic acids is 2. The third-order valence-corrected chi connectivity index (χ3v) is 3.37. The van der Waals surface area contributed by atoms with E-state index in [2.05, 4.69) is 20.8 Å². The Labute approximate surface area is 139 Å². The van der Waals surface area contributed by atoms with Gasteiger partial charge in [0, 0.05) is 6.42 Å². The Kier molecular flexibility index (Phi) is 6.91. The fourth-order valence-electron chi connectivity index (χ4n) is 2.22. The van der Waals surface area contributed by atoms with Crippen molar-refractivity contribution < 1.29 is 14.1 Å². The van der Waals surface area contributed by atoms with E-state index < -0.39 is 6.04 Å². The minimum atomic E-state index is -0.425. The van der Waals surface area contributed by atoms with Crippen LogP contribution in [0.15, 0.2) is 34.9 Å². The number of nitrogens with two attached hydrogens (primary N) is 1. The molecule has 0 aliphatic heterocycles. The van der Waals surface area contributed by atoms with Gasteiger partial charge in [-0.05, 0) is 24.9 Å². The lowest BCUT2D eigenvalue weighted by Gasteiger charge is -2.14. The van der Waals surface area contributed by atoms with Crippen LogP contribution >= 0.6 is 0 Å². The molecule has 8 nitrogen and oxygen atoms in total.